The van der Waals surface area contributed by atoms with Crippen LogP contribution in [0.1, 0.15) is 32.4 Å². The van der Waals surface area contributed by atoms with E-state index in [2.05, 4.69) is 31.3 Å². The molecule has 0 bridgehead atoms. The zero-order chi connectivity index (χ0) is 20.0. The number of benzene rings is 2. The molecule has 3 N–H and O–H groups in total. The molecule has 0 aliphatic heterocycles. The quantitative estimate of drug-likeness (QED) is 0.550. The highest BCUT2D eigenvalue weighted by molar-refractivity contribution is 5.95. The van der Waals surface area contributed by atoms with Gasteiger partial charge in [0.2, 0.25) is 0 Å². The molecule has 0 aliphatic rings. The van der Waals surface area contributed by atoms with E-state index in [-0.39, 0.29) is 29.4 Å². The Morgan fingerprint density at radius 3 is 2.37 bits per heavy atom. The zero-order valence-corrected chi connectivity index (χ0v) is 16.0. The van der Waals surface area contributed by atoms with E-state index in [9.17, 15) is 14.9 Å². The van der Waals surface area contributed by atoms with Crippen molar-refractivity contribution < 1.29 is 19.8 Å². The summed E-state index contributed by atoms with van der Waals surface area (Å²) in [5.74, 6) is 0.468. The summed E-state index contributed by atoms with van der Waals surface area (Å²) >= 11 is 0. The first-order valence-corrected chi connectivity index (χ1v) is 8.86. The Morgan fingerprint density at radius 1 is 1.15 bits per heavy atom. The van der Waals surface area contributed by atoms with Crippen LogP contribution in [0.4, 0.5) is 11.4 Å². The predicted molar refractivity (Wildman–Crippen MR) is 104 cm³/mol. The average molecular weight is 372 g/mol. The molecule has 0 saturated carbocycles. The SMILES string of the molecule is COc1ccc([N+](=O)[O-])cc1NC(=O)[C@@H](C)[NH2+][C@H](c1ccccc1)C(C)C. The number of ether oxygens (including phenoxy) is 1. The average Bonchev–Trinajstić information content (AvgIpc) is 2.66. The Hall–Kier alpha value is -2.93. The van der Waals surface area contributed by atoms with Gasteiger partial charge in [0.05, 0.1) is 17.7 Å². The first kappa shape index (κ1) is 20.4. The number of amides is 1. The molecule has 0 fully saturated rings. The van der Waals surface area contributed by atoms with Crippen molar-refractivity contribution in [2.75, 3.05) is 12.4 Å². The lowest BCUT2D eigenvalue weighted by Gasteiger charge is -2.23. The van der Waals surface area contributed by atoms with Gasteiger partial charge in [-0.15, -0.1) is 0 Å². The molecule has 2 aromatic rings. The number of non-ortho nitro benzene ring substituents is 1. The second kappa shape index (κ2) is 9.14. The number of nitro benzene ring substituents is 1. The Kier molecular flexibility index (Phi) is 6.90. The lowest BCUT2D eigenvalue weighted by Crippen LogP contribution is -2.93. The summed E-state index contributed by atoms with van der Waals surface area (Å²) in [5.41, 5.74) is 1.34. The van der Waals surface area contributed by atoms with Gasteiger partial charge in [-0.2, -0.15) is 0 Å². The fourth-order valence-corrected chi connectivity index (χ4v) is 2.95. The molecule has 0 spiro atoms. The molecular formula is C20H26N3O4+. The molecule has 2 aromatic carbocycles. The number of quaternary nitrogens is 1. The van der Waals surface area contributed by atoms with Gasteiger partial charge in [-0.05, 0) is 13.0 Å². The minimum atomic E-state index is -0.505. The van der Waals surface area contributed by atoms with Gasteiger partial charge >= 0.3 is 0 Å². The molecule has 7 heteroatoms. The molecule has 0 unspecified atom stereocenters. The molecule has 0 saturated heterocycles. The molecule has 7 nitrogen and oxygen atoms in total. The number of methoxy groups -OCH3 is 1. The summed E-state index contributed by atoms with van der Waals surface area (Å²) in [6.07, 6.45) is 0. The summed E-state index contributed by atoms with van der Waals surface area (Å²) in [7, 11) is 1.45. The first-order chi connectivity index (χ1) is 12.8. The highest BCUT2D eigenvalue weighted by Crippen LogP contribution is 2.29. The molecule has 0 heterocycles. The standard InChI is InChI=1S/C20H25N3O4/c1-13(2)19(15-8-6-5-7-9-15)21-14(3)20(24)22-17-12-16(23(25)26)10-11-18(17)27-4/h5-14,19,21H,1-4H3,(H,22,24)/p+1/t14-,19+/m1/s1. The molecule has 0 aliphatic carbocycles. The summed E-state index contributed by atoms with van der Waals surface area (Å²) in [5, 5.41) is 15.8. The second-order valence-electron chi connectivity index (χ2n) is 6.79. The molecule has 2 atom stereocenters. The number of nitrogens with one attached hydrogen (secondary N) is 1. The third-order valence-electron chi connectivity index (χ3n) is 4.46. The van der Waals surface area contributed by atoms with Crippen molar-refractivity contribution in [1.82, 2.24) is 0 Å². The number of rotatable bonds is 8. The maximum absolute atomic E-state index is 12.7. The van der Waals surface area contributed by atoms with Gasteiger partial charge in [-0.1, -0.05) is 44.2 Å². The van der Waals surface area contributed by atoms with Crippen molar-refractivity contribution in [2.24, 2.45) is 5.92 Å². The van der Waals surface area contributed by atoms with Crippen LogP contribution in [0.15, 0.2) is 48.5 Å². The van der Waals surface area contributed by atoms with E-state index in [0.717, 1.165) is 5.56 Å². The molecule has 27 heavy (non-hydrogen) atoms. The van der Waals surface area contributed by atoms with Crippen LogP contribution < -0.4 is 15.4 Å². The number of nitro groups is 1. The summed E-state index contributed by atoms with van der Waals surface area (Å²) in [6.45, 7) is 6.04. The third-order valence-corrected chi connectivity index (χ3v) is 4.46. The third kappa shape index (κ3) is 5.27. The number of nitrogens with zero attached hydrogens (tertiary/aromatic N) is 1. The van der Waals surface area contributed by atoms with E-state index >= 15 is 0 Å². The molecule has 144 valence electrons. The molecular weight excluding hydrogens is 346 g/mol. The molecule has 2 rings (SSSR count). The molecule has 1 amide bonds. The maximum Gasteiger partial charge on any atom is 0.282 e. The lowest BCUT2D eigenvalue weighted by molar-refractivity contribution is -0.718. The Labute approximate surface area is 158 Å². The number of hydrogen-bond donors (Lipinski definition) is 2. The minimum Gasteiger partial charge on any atom is -0.495 e. The van der Waals surface area contributed by atoms with E-state index in [1.165, 1.54) is 25.3 Å². The largest absolute Gasteiger partial charge is 0.495 e. The van der Waals surface area contributed by atoms with Gasteiger partial charge in [0.25, 0.3) is 11.6 Å². The van der Waals surface area contributed by atoms with Crippen LogP contribution in [0.25, 0.3) is 0 Å². The van der Waals surface area contributed by atoms with Gasteiger partial charge in [0.1, 0.15) is 11.8 Å². The number of nitrogens with two attached hydrogens (primary N) is 1. The lowest BCUT2D eigenvalue weighted by atomic mass is 9.95. The van der Waals surface area contributed by atoms with Crippen molar-refractivity contribution in [2.45, 2.75) is 32.9 Å². The maximum atomic E-state index is 12.7. The van der Waals surface area contributed by atoms with E-state index in [4.69, 9.17) is 4.74 Å². The van der Waals surface area contributed by atoms with Crippen LogP contribution in [0, 0.1) is 16.0 Å². The highest BCUT2D eigenvalue weighted by Gasteiger charge is 2.26. The van der Waals surface area contributed by atoms with Crippen LogP contribution in [0.3, 0.4) is 0 Å². The van der Waals surface area contributed by atoms with Crippen molar-refractivity contribution >= 4 is 17.3 Å². The smallest absolute Gasteiger partial charge is 0.282 e. The van der Waals surface area contributed by atoms with Gasteiger partial charge in [0, 0.05) is 23.6 Å². The monoisotopic (exact) mass is 372 g/mol. The van der Waals surface area contributed by atoms with E-state index in [0.29, 0.717) is 11.7 Å². The van der Waals surface area contributed by atoms with Crippen LogP contribution in [0.5, 0.6) is 5.75 Å². The molecule has 0 aromatic heterocycles. The molecule has 0 radical (unpaired) electrons. The number of carbonyl (C=O) groups is 1. The summed E-state index contributed by atoms with van der Waals surface area (Å²) in [4.78, 5) is 23.2. The topological polar surface area (TPSA) is 98.1 Å². The van der Waals surface area contributed by atoms with Gasteiger partial charge in [0.15, 0.2) is 6.04 Å². The van der Waals surface area contributed by atoms with Gasteiger partial charge in [-0.3, -0.25) is 14.9 Å². The highest BCUT2D eigenvalue weighted by atomic mass is 16.6. The van der Waals surface area contributed by atoms with E-state index in [1.807, 2.05) is 30.4 Å². The van der Waals surface area contributed by atoms with Gasteiger partial charge in [-0.25, -0.2) is 0 Å². The minimum absolute atomic E-state index is 0.105. The van der Waals surface area contributed by atoms with Crippen LogP contribution in [-0.4, -0.2) is 24.0 Å². The van der Waals surface area contributed by atoms with E-state index < -0.39 is 4.92 Å². The van der Waals surface area contributed by atoms with E-state index in [1.54, 1.807) is 0 Å². The summed E-state index contributed by atoms with van der Waals surface area (Å²) < 4.78 is 5.20. The van der Waals surface area contributed by atoms with Crippen LogP contribution >= 0.6 is 0 Å². The Bertz CT molecular complexity index is 793. The van der Waals surface area contributed by atoms with Crippen molar-refractivity contribution in [3.8, 4) is 5.75 Å². The van der Waals surface area contributed by atoms with Crippen molar-refractivity contribution in [1.29, 1.82) is 0 Å². The fourth-order valence-electron chi connectivity index (χ4n) is 2.95. The van der Waals surface area contributed by atoms with Crippen molar-refractivity contribution in [3.63, 3.8) is 0 Å². The van der Waals surface area contributed by atoms with Crippen LogP contribution in [-0.2, 0) is 4.79 Å². The number of anilines is 1. The second-order valence-corrected chi connectivity index (χ2v) is 6.79. The summed E-state index contributed by atoms with van der Waals surface area (Å²) in [6, 6.07) is 13.9. The zero-order valence-electron chi connectivity index (χ0n) is 16.0. The van der Waals surface area contributed by atoms with Gasteiger partial charge < -0.3 is 15.4 Å². The predicted octanol–water partition coefficient (Wildman–Crippen LogP) is 2.89. The first-order valence-electron chi connectivity index (χ1n) is 8.86. The van der Waals surface area contributed by atoms with Crippen LogP contribution in [0.2, 0.25) is 0 Å². The Balaban J connectivity index is 2.15. The van der Waals surface area contributed by atoms with Crippen molar-refractivity contribution in [3.05, 3.63) is 64.2 Å². The number of carbonyl (C=O) groups excluding carboxylic acids is 1. The fraction of sp³-hybridized carbons (Fsp3) is 0.350. The number of hydrogen-bond acceptors (Lipinski definition) is 4. The normalized spacial score (nSPS) is 13.1. The Morgan fingerprint density at radius 2 is 1.81 bits per heavy atom.